The fraction of sp³-hybridized carbons (Fsp3) is 0.833. The van der Waals surface area contributed by atoms with E-state index in [0.29, 0.717) is 6.04 Å². The number of anilines is 1. The molecule has 3 atom stereocenters. The van der Waals surface area contributed by atoms with Gasteiger partial charge in [-0.1, -0.05) is 24.2 Å². The fourth-order valence-electron chi connectivity index (χ4n) is 3.29. The summed E-state index contributed by atoms with van der Waals surface area (Å²) in [6.45, 7) is 1.20. The summed E-state index contributed by atoms with van der Waals surface area (Å²) in [5.41, 5.74) is 1.80. The maximum Gasteiger partial charge on any atom is 0.205 e. The van der Waals surface area contributed by atoms with E-state index in [1.54, 1.807) is 16.8 Å². The first-order valence-corrected chi connectivity index (χ1v) is 7.57. The van der Waals surface area contributed by atoms with Crippen molar-refractivity contribution in [2.24, 2.45) is 5.92 Å². The van der Waals surface area contributed by atoms with Gasteiger partial charge in [-0.15, -0.1) is 10.2 Å². The van der Waals surface area contributed by atoms with Crippen molar-refractivity contribution in [1.82, 2.24) is 15.5 Å². The molecule has 1 saturated heterocycles. The van der Waals surface area contributed by atoms with E-state index in [1.807, 2.05) is 0 Å². The van der Waals surface area contributed by atoms with Gasteiger partial charge >= 0.3 is 0 Å². The predicted octanol–water partition coefficient (Wildman–Crippen LogP) is 2.26. The molecule has 94 valence electrons. The summed E-state index contributed by atoms with van der Waals surface area (Å²) in [5, 5.41) is 16.2. The summed E-state index contributed by atoms with van der Waals surface area (Å²) in [6, 6.07) is 1.32. The van der Waals surface area contributed by atoms with Crippen molar-refractivity contribution in [2.45, 2.75) is 50.6 Å². The summed E-state index contributed by atoms with van der Waals surface area (Å²) in [6.07, 6.45) is 8.06. The van der Waals surface area contributed by atoms with Gasteiger partial charge in [0.2, 0.25) is 5.13 Å². The minimum atomic E-state index is 0.596. The number of nitrogens with zero attached hydrogens (tertiary/aromatic N) is 2. The monoisotopic (exact) mass is 252 g/mol. The van der Waals surface area contributed by atoms with E-state index < -0.39 is 0 Å². The van der Waals surface area contributed by atoms with E-state index in [1.165, 1.54) is 45.1 Å². The zero-order valence-corrected chi connectivity index (χ0v) is 10.9. The maximum absolute atomic E-state index is 4.10. The molecule has 2 fully saturated rings. The average Bonchev–Trinajstić information content (AvgIpc) is 3.02. The van der Waals surface area contributed by atoms with Crippen LogP contribution in [-0.2, 0) is 0 Å². The van der Waals surface area contributed by atoms with Crippen molar-refractivity contribution in [2.75, 3.05) is 11.9 Å². The fourth-order valence-corrected chi connectivity index (χ4v) is 3.80. The summed E-state index contributed by atoms with van der Waals surface area (Å²) < 4.78 is 0. The predicted molar refractivity (Wildman–Crippen MR) is 70.3 cm³/mol. The summed E-state index contributed by atoms with van der Waals surface area (Å²) >= 11 is 1.60. The van der Waals surface area contributed by atoms with Crippen LogP contribution in [0.1, 0.15) is 38.5 Å². The number of hydrogen-bond acceptors (Lipinski definition) is 5. The lowest BCUT2D eigenvalue weighted by atomic mass is 9.88. The van der Waals surface area contributed by atoms with Crippen molar-refractivity contribution in [3.8, 4) is 0 Å². The molecule has 2 aliphatic rings. The molecule has 1 saturated carbocycles. The standard InChI is InChI=1S/C12H20N4S/c1-2-7-13-10(5-1)9-4-3-6-11(9)15-12-16-14-8-17-12/h8-11,13H,1-7H2,(H,15,16). The second-order valence-electron chi connectivity index (χ2n) is 5.15. The Labute approximate surface area is 106 Å². The van der Waals surface area contributed by atoms with Crippen LogP contribution in [0.25, 0.3) is 0 Å². The molecule has 17 heavy (non-hydrogen) atoms. The molecule has 4 nitrogen and oxygen atoms in total. The van der Waals surface area contributed by atoms with Crippen LogP contribution in [0.2, 0.25) is 0 Å². The summed E-state index contributed by atoms with van der Waals surface area (Å²) in [4.78, 5) is 0. The molecule has 0 bridgehead atoms. The summed E-state index contributed by atoms with van der Waals surface area (Å²) in [5.74, 6) is 0.777. The molecule has 1 aliphatic carbocycles. The van der Waals surface area contributed by atoms with Crippen LogP contribution in [0.15, 0.2) is 5.51 Å². The van der Waals surface area contributed by atoms with Crippen LogP contribution in [0.4, 0.5) is 5.13 Å². The normalized spacial score (nSPS) is 33.8. The largest absolute Gasteiger partial charge is 0.357 e. The average molecular weight is 252 g/mol. The van der Waals surface area contributed by atoms with Crippen LogP contribution < -0.4 is 10.6 Å². The molecule has 3 rings (SSSR count). The first-order valence-electron chi connectivity index (χ1n) is 6.69. The SMILES string of the molecule is c1nnc(NC2CCCC2C2CCCCN2)s1. The summed E-state index contributed by atoms with van der Waals surface area (Å²) in [7, 11) is 0. The van der Waals surface area contributed by atoms with Crippen LogP contribution in [0.3, 0.4) is 0 Å². The van der Waals surface area contributed by atoms with Crippen LogP contribution >= 0.6 is 11.3 Å². The number of rotatable bonds is 3. The molecular formula is C12H20N4S. The van der Waals surface area contributed by atoms with E-state index in [4.69, 9.17) is 0 Å². The van der Waals surface area contributed by atoms with Gasteiger partial charge in [0.05, 0.1) is 0 Å². The molecule has 0 spiro atoms. The maximum atomic E-state index is 4.10. The van der Waals surface area contributed by atoms with Gasteiger partial charge in [0.1, 0.15) is 5.51 Å². The van der Waals surface area contributed by atoms with Gasteiger partial charge < -0.3 is 10.6 Å². The van der Waals surface area contributed by atoms with Gasteiger partial charge in [0.15, 0.2) is 0 Å². The number of piperidine rings is 1. The first-order chi connectivity index (χ1) is 8.43. The topological polar surface area (TPSA) is 49.8 Å². The lowest BCUT2D eigenvalue weighted by Gasteiger charge is -2.32. The van der Waals surface area contributed by atoms with Gasteiger partial charge in [0.25, 0.3) is 0 Å². The van der Waals surface area contributed by atoms with Gasteiger partial charge in [0, 0.05) is 12.1 Å². The van der Waals surface area contributed by atoms with Crippen molar-refractivity contribution in [3.63, 3.8) is 0 Å². The molecule has 0 amide bonds. The molecule has 3 unspecified atom stereocenters. The number of nitrogens with one attached hydrogen (secondary N) is 2. The first kappa shape index (κ1) is 11.4. The molecule has 2 N–H and O–H groups in total. The molecule has 5 heteroatoms. The number of aromatic nitrogens is 2. The third-order valence-electron chi connectivity index (χ3n) is 4.10. The Balaban J connectivity index is 1.62. The van der Waals surface area contributed by atoms with E-state index in [9.17, 15) is 0 Å². The van der Waals surface area contributed by atoms with E-state index in [-0.39, 0.29) is 0 Å². The van der Waals surface area contributed by atoms with E-state index >= 15 is 0 Å². The Morgan fingerprint density at radius 2 is 2.24 bits per heavy atom. The van der Waals surface area contributed by atoms with E-state index in [2.05, 4.69) is 20.8 Å². The highest BCUT2D eigenvalue weighted by atomic mass is 32.1. The molecule has 1 aliphatic heterocycles. The molecule has 0 aromatic carbocycles. The van der Waals surface area contributed by atoms with Gasteiger partial charge in [-0.3, -0.25) is 0 Å². The highest BCUT2D eigenvalue weighted by Crippen LogP contribution is 2.33. The lowest BCUT2D eigenvalue weighted by molar-refractivity contribution is 0.286. The van der Waals surface area contributed by atoms with Crippen molar-refractivity contribution in [1.29, 1.82) is 0 Å². The molecule has 0 radical (unpaired) electrons. The van der Waals surface area contributed by atoms with Gasteiger partial charge in [-0.25, -0.2) is 0 Å². The van der Waals surface area contributed by atoms with Gasteiger partial charge in [-0.05, 0) is 38.1 Å². The quantitative estimate of drug-likeness (QED) is 0.866. The molecule has 2 heterocycles. The third kappa shape index (κ3) is 2.60. The second-order valence-corrected chi connectivity index (χ2v) is 5.98. The Morgan fingerprint density at radius 3 is 3.00 bits per heavy atom. The van der Waals surface area contributed by atoms with Crippen LogP contribution in [0.5, 0.6) is 0 Å². The third-order valence-corrected chi connectivity index (χ3v) is 4.73. The highest BCUT2D eigenvalue weighted by Gasteiger charge is 2.34. The number of hydrogen-bond donors (Lipinski definition) is 2. The molecule has 1 aromatic heterocycles. The zero-order chi connectivity index (χ0) is 11.5. The zero-order valence-electron chi connectivity index (χ0n) is 10.1. The Bertz CT molecular complexity index is 334. The highest BCUT2D eigenvalue weighted by molar-refractivity contribution is 7.13. The Morgan fingerprint density at radius 1 is 1.24 bits per heavy atom. The minimum Gasteiger partial charge on any atom is -0.357 e. The van der Waals surface area contributed by atoms with E-state index in [0.717, 1.165) is 17.1 Å². The Kier molecular flexibility index (Phi) is 3.57. The van der Waals surface area contributed by atoms with Gasteiger partial charge in [-0.2, -0.15) is 0 Å². The van der Waals surface area contributed by atoms with Crippen molar-refractivity contribution < 1.29 is 0 Å². The lowest BCUT2D eigenvalue weighted by Crippen LogP contribution is -2.44. The smallest absolute Gasteiger partial charge is 0.205 e. The molecular weight excluding hydrogens is 232 g/mol. The van der Waals surface area contributed by atoms with Crippen molar-refractivity contribution in [3.05, 3.63) is 5.51 Å². The molecule has 1 aromatic rings. The Hall–Kier alpha value is -0.680. The minimum absolute atomic E-state index is 0.596. The van der Waals surface area contributed by atoms with Crippen molar-refractivity contribution >= 4 is 16.5 Å². The van der Waals surface area contributed by atoms with Crippen LogP contribution in [0, 0.1) is 5.92 Å². The second kappa shape index (κ2) is 5.31. The van der Waals surface area contributed by atoms with Crippen LogP contribution in [-0.4, -0.2) is 28.8 Å².